The number of benzene rings is 3. The topological polar surface area (TPSA) is 76.5 Å². The molecule has 4 rings (SSSR count). The van der Waals surface area contributed by atoms with Crippen LogP contribution in [0.3, 0.4) is 0 Å². The number of carbonyl (C=O) groups excluding carboxylic acids is 2. The van der Waals surface area contributed by atoms with Crippen LogP contribution in [0.15, 0.2) is 79.0 Å². The normalized spacial score (nSPS) is 10.7. The Morgan fingerprint density at radius 2 is 1.69 bits per heavy atom. The molecule has 0 spiro atoms. The van der Waals surface area contributed by atoms with E-state index in [0.29, 0.717) is 39.5 Å². The number of amides is 2. The second kappa shape index (κ2) is 11.3. The molecule has 4 aromatic rings. The summed E-state index contributed by atoms with van der Waals surface area (Å²) in [5.74, 6) is 0.314. The van der Waals surface area contributed by atoms with Crippen molar-refractivity contribution in [2.45, 2.75) is 6.92 Å². The summed E-state index contributed by atoms with van der Waals surface area (Å²) in [6.07, 6.45) is 1.83. The van der Waals surface area contributed by atoms with Crippen molar-refractivity contribution in [2.24, 2.45) is 0 Å². The van der Waals surface area contributed by atoms with Crippen molar-refractivity contribution >= 4 is 41.0 Å². The molecule has 1 heterocycles. The molecule has 0 aliphatic carbocycles. The molecule has 3 aromatic carbocycles. The van der Waals surface area contributed by atoms with Gasteiger partial charge in [0.15, 0.2) is 0 Å². The Kier molecular flexibility index (Phi) is 7.93. The van der Waals surface area contributed by atoms with Gasteiger partial charge in [-0.2, -0.15) is 0 Å². The number of aromatic nitrogens is 2. The van der Waals surface area contributed by atoms with Gasteiger partial charge in [-0.15, -0.1) is 0 Å². The van der Waals surface area contributed by atoms with Crippen LogP contribution >= 0.6 is 23.2 Å². The molecule has 0 saturated carbocycles. The lowest BCUT2D eigenvalue weighted by atomic mass is 10.2. The second-order valence-electron chi connectivity index (χ2n) is 7.87. The summed E-state index contributed by atoms with van der Waals surface area (Å²) in [6.45, 7) is 1.98. The molecule has 0 fully saturated rings. The van der Waals surface area contributed by atoms with E-state index >= 15 is 0 Å². The van der Waals surface area contributed by atoms with Crippen molar-refractivity contribution in [1.29, 1.82) is 0 Å². The molecular formula is C27H24Cl2N4O3. The molecule has 0 unspecified atom stereocenters. The van der Waals surface area contributed by atoms with Crippen LogP contribution in [0.2, 0.25) is 10.0 Å². The van der Waals surface area contributed by atoms with Gasteiger partial charge in [0.2, 0.25) is 11.9 Å². The van der Waals surface area contributed by atoms with Crippen molar-refractivity contribution in [1.82, 2.24) is 14.5 Å². The summed E-state index contributed by atoms with van der Waals surface area (Å²) in [5, 5.41) is 3.81. The van der Waals surface area contributed by atoms with Gasteiger partial charge < -0.3 is 9.64 Å². The fourth-order valence-electron chi connectivity index (χ4n) is 3.64. The Bertz CT molecular complexity index is 1370. The van der Waals surface area contributed by atoms with E-state index < -0.39 is 0 Å². The number of ether oxygens (including phenoxy) is 1. The molecule has 0 aliphatic rings. The van der Waals surface area contributed by atoms with Crippen LogP contribution in [-0.4, -0.2) is 46.5 Å². The van der Waals surface area contributed by atoms with Crippen molar-refractivity contribution < 1.29 is 14.3 Å². The number of imidazole rings is 1. The molecule has 7 nitrogen and oxygen atoms in total. The van der Waals surface area contributed by atoms with Gasteiger partial charge in [0.1, 0.15) is 12.3 Å². The first-order valence-electron chi connectivity index (χ1n) is 11.2. The van der Waals surface area contributed by atoms with Gasteiger partial charge >= 0.3 is 0 Å². The zero-order chi connectivity index (χ0) is 25.7. The highest BCUT2D eigenvalue weighted by Gasteiger charge is 2.21. The third kappa shape index (κ3) is 5.70. The smallest absolute Gasteiger partial charge is 0.255 e. The molecule has 1 N–H and O–H groups in total. The maximum absolute atomic E-state index is 13.0. The summed E-state index contributed by atoms with van der Waals surface area (Å²) in [5.41, 5.74) is 2.61. The van der Waals surface area contributed by atoms with Crippen LogP contribution < -0.4 is 10.1 Å². The summed E-state index contributed by atoms with van der Waals surface area (Å²) < 4.78 is 7.03. The average Bonchev–Trinajstić information content (AvgIpc) is 3.31. The Balaban J connectivity index is 1.61. The van der Waals surface area contributed by atoms with Gasteiger partial charge in [0, 0.05) is 29.0 Å². The Hall–Kier alpha value is -3.81. The van der Waals surface area contributed by atoms with Crippen molar-refractivity contribution in [2.75, 3.05) is 25.5 Å². The number of carbonyl (C=O) groups is 2. The number of anilines is 1. The molecule has 0 radical (unpaired) electrons. The number of methoxy groups -OCH3 is 1. The maximum atomic E-state index is 13.0. The molecule has 0 aliphatic heterocycles. The van der Waals surface area contributed by atoms with Crippen molar-refractivity contribution in [3.8, 4) is 22.7 Å². The molecule has 184 valence electrons. The van der Waals surface area contributed by atoms with Crippen LogP contribution in [0.4, 0.5) is 5.95 Å². The molecule has 9 heteroatoms. The zero-order valence-corrected chi connectivity index (χ0v) is 21.3. The first kappa shape index (κ1) is 25.3. The quantitative estimate of drug-likeness (QED) is 0.310. The van der Waals surface area contributed by atoms with Gasteiger partial charge in [0.05, 0.1) is 23.4 Å². The van der Waals surface area contributed by atoms with E-state index in [0.717, 1.165) is 11.3 Å². The fraction of sp³-hybridized carbons (Fsp3) is 0.148. The number of halogens is 2. The SMILES string of the molecule is CCN(CC(=O)Nc1nc(-c2ccc(Cl)cc2)cn1-c1ccc(OC)cc1)C(=O)c1ccccc1Cl. The van der Waals surface area contributed by atoms with E-state index in [2.05, 4.69) is 10.3 Å². The molecule has 2 amide bonds. The number of likely N-dealkylation sites (N-methyl/N-ethyl adjacent to an activating group) is 1. The highest BCUT2D eigenvalue weighted by Crippen LogP contribution is 2.26. The van der Waals surface area contributed by atoms with Gasteiger partial charge in [-0.3, -0.25) is 19.5 Å². The molecule has 36 heavy (non-hydrogen) atoms. The highest BCUT2D eigenvalue weighted by atomic mass is 35.5. The molecule has 0 saturated heterocycles. The van der Waals surface area contributed by atoms with E-state index in [1.807, 2.05) is 42.6 Å². The van der Waals surface area contributed by atoms with E-state index in [-0.39, 0.29) is 18.4 Å². The lowest BCUT2D eigenvalue weighted by molar-refractivity contribution is -0.116. The summed E-state index contributed by atoms with van der Waals surface area (Å²) in [4.78, 5) is 32.1. The van der Waals surface area contributed by atoms with Crippen molar-refractivity contribution in [3.63, 3.8) is 0 Å². The van der Waals surface area contributed by atoms with Crippen LogP contribution in [-0.2, 0) is 4.79 Å². The first-order chi connectivity index (χ1) is 17.4. The summed E-state index contributed by atoms with van der Waals surface area (Å²) in [6, 6.07) is 21.4. The molecule has 1 aromatic heterocycles. The zero-order valence-electron chi connectivity index (χ0n) is 19.7. The number of rotatable bonds is 8. The Labute approximate surface area is 219 Å². The molecule has 0 bridgehead atoms. The molecule has 0 atom stereocenters. The fourth-order valence-corrected chi connectivity index (χ4v) is 3.98. The minimum Gasteiger partial charge on any atom is -0.497 e. The highest BCUT2D eigenvalue weighted by molar-refractivity contribution is 6.33. The van der Waals surface area contributed by atoms with Crippen LogP contribution in [0.1, 0.15) is 17.3 Å². The largest absolute Gasteiger partial charge is 0.497 e. The van der Waals surface area contributed by atoms with Gasteiger partial charge in [-0.25, -0.2) is 4.98 Å². The maximum Gasteiger partial charge on any atom is 0.255 e. The van der Waals surface area contributed by atoms with Crippen LogP contribution in [0.25, 0.3) is 16.9 Å². The van der Waals surface area contributed by atoms with Crippen LogP contribution in [0.5, 0.6) is 5.75 Å². The average molecular weight is 523 g/mol. The minimum absolute atomic E-state index is 0.160. The van der Waals surface area contributed by atoms with E-state index in [1.165, 1.54) is 4.90 Å². The predicted octanol–water partition coefficient (Wildman–Crippen LogP) is 5.96. The van der Waals surface area contributed by atoms with Gasteiger partial charge in [-0.05, 0) is 55.5 Å². The third-order valence-electron chi connectivity index (χ3n) is 5.56. The predicted molar refractivity (Wildman–Crippen MR) is 142 cm³/mol. The van der Waals surface area contributed by atoms with E-state index in [1.54, 1.807) is 55.0 Å². The van der Waals surface area contributed by atoms with E-state index in [9.17, 15) is 9.59 Å². The number of nitrogens with zero attached hydrogens (tertiary/aromatic N) is 3. The van der Waals surface area contributed by atoms with Crippen molar-refractivity contribution in [3.05, 3.63) is 94.6 Å². The lowest BCUT2D eigenvalue weighted by Gasteiger charge is -2.21. The lowest BCUT2D eigenvalue weighted by Crippen LogP contribution is -2.38. The Morgan fingerprint density at radius 3 is 2.33 bits per heavy atom. The van der Waals surface area contributed by atoms with Gasteiger partial charge in [0.25, 0.3) is 5.91 Å². The second-order valence-corrected chi connectivity index (χ2v) is 8.72. The third-order valence-corrected chi connectivity index (χ3v) is 6.14. The van der Waals surface area contributed by atoms with Crippen LogP contribution in [0, 0.1) is 0 Å². The first-order valence-corrected chi connectivity index (χ1v) is 12.0. The number of hydrogen-bond donors (Lipinski definition) is 1. The number of nitrogens with one attached hydrogen (secondary N) is 1. The summed E-state index contributed by atoms with van der Waals surface area (Å²) in [7, 11) is 1.60. The summed E-state index contributed by atoms with van der Waals surface area (Å²) >= 11 is 12.2. The van der Waals surface area contributed by atoms with E-state index in [4.69, 9.17) is 27.9 Å². The van der Waals surface area contributed by atoms with Gasteiger partial charge in [-0.1, -0.05) is 47.5 Å². The standard InChI is InChI=1S/C27H24Cl2N4O3/c1-3-32(26(35)22-6-4-5-7-23(22)29)17-25(34)31-27-30-24(18-8-10-19(28)11-9-18)16-33(27)20-12-14-21(36-2)15-13-20/h4-16H,3,17H2,1-2H3,(H,30,31,34). The number of hydrogen-bond acceptors (Lipinski definition) is 4. The monoisotopic (exact) mass is 522 g/mol. The minimum atomic E-state index is -0.389. The Morgan fingerprint density at radius 1 is 1.00 bits per heavy atom. The molecular weight excluding hydrogens is 499 g/mol.